The summed E-state index contributed by atoms with van der Waals surface area (Å²) in [6, 6.07) is 7.43. The first-order valence-electron chi connectivity index (χ1n) is 5.48. The van der Waals surface area contributed by atoms with Gasteiger partial charge in [-0.2, -0.15) is 5.10 Å². The van der Waals surface area contributed by atoms with E-state index in [9.17, 15) is 4.79 Å². The second-order valence-electron chi connectivity index (χ2n) is 3.92. The molecule has 2 amide bonds. The molecular formula is C11H12IN5OS. The number of nitrogens with zero attached hydrogens (tertiary/aromatic N) is 2. The maximum absolute atomic E-state index is 11.5. The van der Waals surface area contributed by atoms with Crippen LogP contribution in [0.15, 0.2) is 29.4 Å². The summed E-state index contributed by atoms with van der Waals surface area (Å²) in [5.41, 5.74) is 6.86. The highest BCUT2D eigenvalue weighted by atomic mass is 127. The predicted molar refractivity (Wildman–Crippen MR) is 86.9 cm³/mol. The number of halogens is 1. The van der Waals surface area contributed by atoms with Gasteiger partial charge in [0.1, 0.15) is 0 Å². The lowest BCUT2D eigenvalue weighted by atomic mass is 10.3. The average Bonchev–Trinajstić information content (AvgIpc) is 2.37. The van der Waals surface area contributed by atoms with Crippen LogP contribution in [0.2, 0.25) is 0 Å². The molecule has 2 rings (SSSR count). The molecule has 0 aliphatic carbocycles. The molecule has 0 spiro atoms. The zero-order chi connectivity index (χ0) is 13.8. The average molecular weight is 389 g/mol. The second kappa shape index (κ2) is 6.15. The lowest BCUT2D eigenvalue weighted by molar-refractivity contribution is 0.192. The van der Waals surface area contributed by atoms with E-state index in [0.29, 0.717) is 11.7 Å². The van der Waals surface area contributed by atoms with Gasteiger partial charge in [0.25, 0.3) is 0 Å². The number of hydrazone groups is 1. The number of carbonyl (C=O) groups excluding carboxylic acids is 1. The van der Waals surface area contributed by atoms with Gasteiger partial charge in [-0.1, -0.05) is 0 Å². The van der Waals surface area contributed by atoms with E-state index in [1.165, 1.54) is 5.01 Å². The highest BCUT2D eigenvalue weighted by molar-refractivity contribution is 14.1. The van der Waals surface area contributed by atoms with Crippen LogP contribution < -0.4 is 16.2 Å². The van der Waals surface area contributed by atoms with Gasteiger partial charge in [-0.3, -0.25) is 5.43 Å². The molecule has 0 atom stereocenters. The zero-order valence-corrected chi connectivity index (χ0v) is 13.1. The SMILES string of the molecule is CC1=NNC(=O)N(NC(=S)Nc2ccc(I)cc2)C1. The monoisotopic (exact) mass is 389 g/mol. The van der Waals surface area contributed by atoms with Crippen molar-refractivity contribution >= 4 is 57.4 Å². The Balaban J connectivity index is 1.92. The lowest BCUT2D eigenvalue weighted by Gasteiger charge is -2.27. The third-order valence-electron chi connectivity index (χ3n) is 2.31. The molecule has 0 fully saturated rings. The molecule has 1 aromatic carbocycles. The molecule has 0 unspecified atom stereocenters. The molecule has 0 saturated heterocycles. The Morgan fingerprint density at radius 3 is 2.84 bits per heavy atom. The van der Waals surface area contributed by atoms with Gasteiger partial charge in [0.15, 0.2) is 5.11 Å². The Hall–Kier alpha value is -1.42. The minimum Gasteiger partial charge on any atom is -0.331 e. The summed E-state index contributed by atoms with van der Waals surface area (Å²) in [5, 5.41) is 8.56. The molecule has 0 saturated carbocycles. The van der Waals surface area contributed by atoms with Gasteiger partial charge in [-0.25, -0.2) is 15.2 Å². The molecule has 100 valence electrons. The Morgan fingerprint density at radius 2 is 2.16 bits per heavy atom. The first-order chi connectivity index (χ1) is 9.04. The van der Waals surface area contributed by atoms with E-state index in [1.807, 2.05) is 31.2 Å². The summed E-state index contributed by atoms with van der Waals surface area (Å²) in [7, 11) is 0. The van der Waals surface area contributed by atoms with Crippen molar-refractivity contribution in [2.75, 3.05) is 11.9 Å². The number of rotatable bonds is 2. The fourth-order valence-corrected chi connectivity index (χ4v) is 2.03. The summed E-state index contributed by atoms with van der Waals surface area (Å²) in [6.45, 7) is 2.21. The first-order valence-corrected chi connectivity index (χ1v) is 6.97. The van der Waals surface area contributed by atoms with Crippen LogP contribution in [-0.4, -0.2) is 28.4 Å². The van der Waals surface area contributed by atoms with Gasteiger partial charge >= 0.3 is 6.03 Å². The maximum Gasteiger partial charge on any atom is 0.356 e. The first kappa shape index (κ1) is 14.0. The Labute approximate surface area is 129 Å². The quantitative estimate of drug-likeness (QED) is 0.534. The van der Waals surface area contributed by atoms with Gasteiger partial charge in [-0.15, -0.1) is 0 Å². The van der Waals surface area contributed by atoms with Crippen molar-refractivity contribution in [2.24, 2.45) is 5.10 Å². The van der Waals surface area contributed by atoms with Gasteiger partial charge in [0.05, 0.1) is 12.3 Å². The number of benzene rings is 1. The summed E-state index contributed by atoms with van der Waals surface area (Å²) in [5.74, 6) is 0. The van der Waals surface area contributed by atoms with Crippen molar-refractivity contribution in [1.82, 2.24) is 15.9 Å². The van der Waals surface area contributed by atoms with Crippen molar-refractivity contribution in [3.8, 4) is 0 Å². The lowest BCUT2D eigenvalue weighted by Crippen LogP contribution is -2.55. The minimum atomic E-state index is -0.336. The molecule has 3 N–H and O–H groups in total. The van der Waals surface area contributed by atoms with E-state index in [2.05, 4.69) is 43.9 Å². The van der Waals surface area contributed by atoms with Crippen molar-refractivity contribution in [2.45, 2.75) is 6.92 Å². The summed E-state index contributed by atoms with van der Waals surface area (Å²) in [4.78, 5) is 11.5. The molecule has 1 aliphatic rings. The number of hydrazine groups is 1. The molecule has 0 bridgehead atoms. The van der Waals surface area contributed by atoms with Crippen LogP contribution >= 0.6 is 34.8 Å². The third kappa shape index (κ3) is 4.03. The molecule has 1 aliphatic heterocycles. The van der Waals surface area contributed by atoms with Gasteiger partial charge in [0, 0.05) is 9.26 Å². The molecule has 8 heteroatoms. The molecule has 0 aromatic heterocycles. The number of hydrogen-bond donors (Lipinski definition) is 3. The number of amides is 2. The van der Waals surface area contributed by atoms with Crippen molar-refractivity contribution < 1.29 is 4.79 Å². The van der Waals surface area contributed by atoms with E-state index < -0.39 is 0 Å². The van der Waals surface area contributed by atoms with E-state index in [4.69, 9.17) is 12.2 Å². The van der Waals surface area contributed by atoms with E-state index in [-0.39, 0.29) is 6.03 Å². The second-order valence-corrected chi connectivity index (χ2v) is 5.58. The molecular weight excluding hydrogens is 377 g/mol. The topological polar surface area (TPSA) is 68.8 Å². The van der Waals surface area contributed by atoms with Crippen LogP contribution in [-0.2, 0) is 0 Å². The summed E-state index contributed by atoms with van der Waals surface area (Å²) in [6.07, 6.45) is 0. The van der Waals surface area contributed by atoms with Crippen LogP contribution in [0.5, 0.6) is 0 Å². The molecule has 0 radical (unpaired) electrons. The maximum atomic E-state index is 11.5. The number of nitrogens with one attached hydrogen (secondary N) is 3. The van der Waals surface area contributed by atoms with Gasteiger partial charge in [0.2, 0.25) is 0 Å². The van der Waals surface area contributed by atoms with Crippen molar-refractivity contribution in [3.63, 3.8) is 0 Å². The number of urea groups is 1. The van der Waals surface area contributed by atoms with Crippen molar-refractivity contribution in [3.05, 3.63) is 27.8 Å². The van der Waals surface area contributed by atoms with Gasteiger partial charge in [-0.05, 0) is 66.0 Å². The zero-order valence-electron chi connectivity index (χ0n) is 10.1. The van der Waals surface area contributed by atoms with Crippen LogP contribution in [0.25, 0.3) is 0 Å². The molecule has 6 nitrogen and oxygen atoms in total. The molecule has 1 heterocycles. The normalized spacial score (nSPS) is 14.5. The Bertz CT molecular complexity index is 530. The van der Waals surface area contributed by atoms with Crippen LogP contribution in [0.4, 0.5) is 10.5 Å². The fourth-order valence-electron chi connectivity index (χ4n) is 1.44. The predicted octanol–water partition coefficient (Wildman–Crippen LogP) is 1.89. The molecule has 19 heavy (non-hydrogen) atoms. The number of thiocarbonyl (C=S) groups is 1. The summed E-state index contributed by atoms with van der Waals surface area (Å²) < 4.78 is 1.14. The van der Waals surface area contributed by atoms with E-state index in [0.717, 1.165) is 15.0 Å². The third-order valence-corrected chi connectivity index (χ3v) is 3.23. The standard InChI is InChI=1S/C11H12IN5OS/c1-7-6-17(11(18)15-14-7)16-10(19)13-9-4-2-8(12)3-5-9/h2-5H,6H2,1H3,(H,15,18)(H2,13,16,19). The molecule has 1 aromatic rings. The Morgan fingerprint density at radius 1 is 1.47 bits per heavy atom. The smallest absolute Gasteiger partial charge is 0.331 e. The van der Waals surface area contributed by atoms with Crippen LogP contribution in [0.1, 0.15) is 6.92 Å². The van der Waals surface area contributed by atoms with E-state index in [1.54, 1.807) is 0 Å². The number of carbonyl (C=O) groups is 1. The summed E-state index contributed by atoms with van der Waals surface area (Å²) >= 11 is 7.38. The largest absolute Gasteiger partial charge is 0.356 e. The number of anilines is 1. The van der Waals surface area contributed by atoms with Gasteiger partial charge < -0.3 is 5.32 Å². The fraction of sp³-hybridized carbons (Fsp3) is 0.182. The highest BCUT2D eigenvalue weighted by Crippen LogP contribution is 2.10. The minimum absolute atomic E-state index is 0.336. The van der Waals surface area contributed by atoms with Crippen LogP contribution in [0, 0.1) is 3.57 Å². The highest BCUT2D eigenvalue weighted by Gasteiger charge is 2.19. The van der Waals surface area contributed by atoms with Crippen LogP contribution in [0.3, 0.4) is 0 Å². The van der Waals surface area contributed by atoms with Crippen molar-refractivity contribution in [1.29, 1.82) is 0 Å². The number of hydrogen-bond acceptors (Lipinski definition) is 3. The Kier molecular flexibility index (Phi) is 4.53. The van der Waals surface area contributed by atoms with E-state index >= 15 is 0 Å².